The fraction of sp³-hybridized carbons (Fsp3) is 0.500. The van der Waals surface area contributed by atoms with Crippen LogP contribution in [0, 0.1) is 5.82 Å². The molecule has 0 N–H and O–H groups in total. The first-order chi connectivity index (χ1) is 7.70. The molecule has 2 nitrogen and oxygen atoms in total. The standard InChI is InChI=1S/C12H14BrFO2/c1-2-15-12-10(13)7-11(12)16-9-5-3-8(14)4-6-9/h3-6,10-12H,2,7H2,1H3. The second-order valence-corrected chi connectivity index (χ2v) is 4.96. The van der Waals surface area contributed by atoms with Crippen molar-refractivity contribution >= 4 is 15.9 Å². The molecule has 1 saturated carbocycles. The van der Waals surface area contributed by atoms with Crippen LogP contribution in [0.25, 0.3) is 0 Å². The molecule has 2 rings (SSSR count). The van der Waals surface area contributed by atoms with Crippen LogP contribution in [0.4, 0.5) is 4.39 Å². The summed E-state index contributed by atoms with van der Waals surface area (Å²) >= 11 is 3.53. The minimum absolute atomic E-state index is 0.0646. The van der Waals surface area contributed by atoms with E-state index >= 15 is 0 Å². The number of hydrogen-bond donors (Lipinski definition) is 0. The molecular formula is C12H14BrFO2. The van der Waals surface area contributed by atoms with Crippen LogP contribution in [-0.2, 0) is 4.74 Å². The highest BCUT2D eigenvalue weighted by Gasteiger charge is 2.42. The lowest BCUT2D eigenvalue weighted by Gasteiger charge is -2.40. The van der Waals surface area contributed by atoms with Gasteiger partial charge in [-0.05, 0) is 31.2 Å². The van der Waals surface area contributed by atoms with Gasteiger partial charge in [-0.1, -0.05) is 15.9 Å². The first-order valence-electron chi connectivity index (χ1n) is 5.38. The van der Waals surface area contributed by atoms with Crippen LogP contribution in [0.5, 0.6) is 5.75 Å². The zero-order valence-corrected chi connectivity index (χ0v) is 10.6. The lowest BCUT2D eigenvalue weighted by Crippen LogP contribution is -2.52. The van der Waals surface area contributed by atoms with Crippen LogP contribution in [0.15, 0.2) is 24.3 Å². The van der Waals surface area contributed by atoms with E-state index in [1.165, 1.54) is 12.1 Å². The van der Waals surface area contributed by atoms with Crippen molar-refractivity contribution in [1.82, 2.24) is 0 Å². The van der Waals surface area contributed by atoms with Gasteiger partial charge in [0.25, 0.3) is 0 Å². The highest BCUT2D eigenvalue weighted by atomic mass is 79.9. The monoisotopic (exact) mass is 288 g/mol. The smallest absolute Gasteiger partial charge is 0.127 e. The number of hydrogen-bond acceptors (Lipinski definition) is 2. The van der Waals surface area contributed by atoms with Crippen LogP contribution in [0.2, 0.25) is 0 Å². The van der Waals surface area contributed by atoms with Gasteiger partial charge in [-0.15, -0.1) is 0 Å². The topological polar surface area (TPSA) is 18.5 Å². The molecule has 1 fully saturated rings. The average Bonchev–Trinajstić information content (AvgIpc) is 2.28. The maximum absolute atomic E-state index is 12.7. The Hall–Kier alpha value is -0.610. The van der Waals surface area contributed by atoms with Gasteiger partial charge in [0.15, 0.2) is 0 Å². The fourth-order valence-corrected chi connectivity index (χ4v) is 2.60. The molecule has 0 radical (unpaired) electrons. The molecular weight excluding hydrogens is 275 g/mol. The molecule has 0 heterocycles. The van der Waals surface area contributed by atoms with E-state index < -0.39 is 0 Å². The van der Waals surface area contributed by atoms with Crippen LogP contribution >= 0.6 is 15.9 Å². The van der Waals surface area contributed by atoms with Crippen molar-refractivity contribution in [1.29, 1.82) is 0 Å². The van der Waals surface area contributed by atoms with E-state index in [1.807, 2.05) is 6.92 Å². The molecule has 3 unspecified atom stereocenters. The normalized spacial score (nSPS) is 28.6. The van der Waals surface area contributed by atoms with Gasteiger partial charge in [0.05, 0.1) is 0 Å². The average molecular weight is 289 g/mol. The summed E-state index contributed by atoms with van der Waals surface area (Å²) in [7, 11) is 0. The molecule has 0 aliphatic heterocycles. The predicted molar refractivity (Wildman–Crippen MR) is 63.6 cm³/mol. The van der Waals surface area contributed by atoms with Crippen LogP contribution in [0.1, 0.15) is 13.3 Å². The molecule has 3 atom stereocenters. The Morgan fingerprint density at radius 1 is 1.38 bits per heavy atom. The molecule has 0 amide bonds. The van der Waals surface area contributed by atoms with E-state index in [0.717, 1.165) is 6.42 Å². The minimum Gasteiger partial charge on any atom is -0.488 e. The summed E-state index contributed by atoms with van der Waals surface area (Å²) in [4.78, 5) is 0.359. The molecule has 0 aromatic heterocycles. The summed E-state index contributed by atoms with van der Waals surface area (Å²) in [5, 5.41) is 0. The van der Waals surface area contributed by atoms with Gasteiger partial charge in [-0.2, -0.15) is 0 Å². The van der Waals surface area contributed by atoms with Gasteiger partial charge in [0.1, 0.15) is 23.8 Å². The summed E-state index contributed by atoms with van der Waals surface area (Å²) in [5.41, 5.74) is 0. The third-order valence-electron chi connectivity index (χ3n) is 2.64. The van der Waals surface area contributed by atoms with E-state index in [-0.39, 0.29) is 18.0 Å². The van der Waals surface area contributed by atoms with Gasteiger partial charge in [0, 0.05) is 17.9 Å². The van der Waals surface area contributed by atoms with Crippen molar-refractivity contribution in [3.63, 3.8) is 0 Å². The zero-order chi connectivity index (χ0) is 11.5. The second-order valence-electron chi connectivity index (χ2n) is 3.78. The Morgan fingerprint density at radius 3 is 2.62 bits per heavy atom. The first kappa shape index (κ1) is 11.9. The molecule has 1 aliphatic carbocycles. The minimum atomic E-state index is -0.249. The largest absolute Gasteiger partial charge is 0.488 e. The van der Waals surface area contributed by atoms with Crippen molar-refractivity contribution in [3.05, 3.63) is 30.1 Å². The van der Waals surface area contributed by atoms with E-state index in [4.69, 9.17) is 9.47 Å². The number of alkyl halides is 1. The van der Waals surface area contributed by atoms with Crippen molar-refractivity contribution in [2.24, 2.45) is 0 Å². The SMILES string of the molecule is CCOC1C(Br)CC1Oc1ccc(F)cc1. The number of benzene rings is 1. The summed E-state index contributed by atoms with van der Waals surface area (Å²) in [6, 6.07) is 6.07. The van der Waals surface area contributed by atoms with Gasteiger partial charge in [0.2, 0.25) is 0 Å². The maximum Gasteiger partial charge on any atom is 0.127 e. The molecule has 4 heteroatoms. The molecule has 88 valence electrons. The van der Waals surface area contributed by atoms with Crippen LogP contribution < -0.4 is 4.74 Å². The molecule has 1 aromatic carbocycles. The van der Waals surface area contributed by atoms with Crippen LogP contribution in [-0.4, -0.2) is 23.6 Å². The first-order valence-corrected chi connectivity index (χ1v) is 6.30. The van der Waals surface area contributed by atoms with Crippen LogP contribution in [0.3, 0.4) is 0 Å². The Bertz CT molecular complexity index is 341. The van der Waals surface area contributed by atoms with Crippen molar-refractivity contribution in [3.8, 4) is 5.75 Å². The Morgan fingerprint density at radius 2 is 2.06 bits per heavy atom. The van der Waals surface area contributed by atoms with Crippen molar-refractivity contribution < 1.29 is 13.9 Å². The highest BCUT2D eigenvalue weighted by Crippen LogP contribution is 2.34. The lowest BCUT2D eigenvalue weighted by molar-refractivity contribution is -0.0723. The third kappa shape index (κ3) is 2.55. The molecule has 0 spiro atoms. The molecule has 1 aliphatic rings. The fourth-order valence-electron chi connectivity index (χ4n) is 1.73. The zero-order valence-electron chi connectivity index (χ0n) is 9.03. The Labute approximate surface area is 103 Å². The summed E-state index contributed by atoms with van der Waals surface area (Å²) in [5.74, 6) is 0.441. The van der Waals surface area contributed by atoms with E-state index in [1.54, 1.807) is 12.1 Å². The quantitative estimate of drug-likeness (QED) is 0.793. The molecule has 0 saturated heterocycles. The van der Waals surface area contributed by atoms with Crippen molar-refractivity contribution in [2.45, 2.75) is 30.4 Å². The maximum atomic E-state index is 12.7. The summed E-state index contributed by atoms with van der Waals surface area (Å²) in [6.45, 7) is 2.64. The van der Waals surface area contributed by atoms with Gasteiger partial charge in [-0.25, -0.2) is 4.39 Å². The second kappa shape index (κ2) is 5.15. The van der Waals surface area contributed by atoms with Gasteiger partial charge in [-0.3, -0.25) is 0 Å². The number of rotatable bonds is 4. The number of ether oxygens (including phenoxy) is 2. The summed E-state index contributed by atoms with van der Waals surface area (Å²) < 4.78 is 24.0. The number of halogens is 2. The molecule has 16 heavy (non-hydrogen) atoms. The summed E-state index contributed by atoms with van der Waals surface area (Å²) in [6.07, 6.45) is 1.08. The molecule has 1 aromatic rings. The van der Waals surface area contributed by atoms with Gasteiger partial charge >= 0.3 is 0 Å². The van der Waals surface area contributed by atoms with E-state index in [0.29, 0.717) is 17.2 Å². The van der Waals surface area contributed by atoms with E-state index in [2.05, 4.69) is 15.9 Å². The highest BCUT2D eigenvalue weighted by molar-refractivity contribution is 9.09. The van der Waals surface area contributed by atoms with E-state index in [9.17, 15) is 4.39 Å². The third-order valence-corrected chi connectivity index (χ3v) is 3.54. The van der Waals surface area contributed by atoms with Crippen molar-refractivity contribution in [2.75, 3.05) is 6.61 Å². The Balaban J connectivity index is 1.92. The molecule has 0 bridgehead atoms. The lowest BCUT2D eigenvalue weighted by atomic mass is 9.91. The van der Waals surface area contributed by atoms with Gasteiger partial charge < -0.3 is 9.47 Å². The predicted octanol–water partition coefficient (Wildman–Crippen LogP) is 3.15. The Kier molecular flexibility index (Phi) is 3.82.